The highest BCUT2D eigenvalue weighted by Crippen LogP contribution is 2.53. The van der Waals surface area contributed by atoms with Crippen LogP contribution in [0.5, 0.6) is 28.7 Å². The van der Waals surface area contributed by atoms with Gasteiger partial charge in [0.05, 0.1) is 19.3 Å². The van der Waals surface area contributed by atoms with Gasteiger partial charge in [0.15, 0.2) is 17.1 Å². The van der Waals surface area contributed by atoms with Crippen LogP contribution in [0.25, 0.3) is 11.1 Å². The number of anilines is 1. The molecule has 3 heterocycles. The number of fused-ring (bicyclic) bond motifs is 1. The lowest BCUT2D eigenvalue weighted by Crippen LogP contribution is -2.44. The molecule has 10 nitrogen and oxygen atoms in total. The van der Waals surface area contributed by atoms with Gasteiger partial charge in [-0.15, -0.1) is 0 Å². The Morgan fingerprint density at radius 1 is 0.945 bits per heavy atom. The molecule has 292 valence electrons. The van der Waals surface area contributed by atoms with Crippen molar-refractivity contribution in [3.63, 3.8) is 0 Å². The molecule has 1 unspecified atom stereocenters. The van der Waals surface area contributed by atoms with E-state index in [1.165, 1.54) is 25.6 Å². The molecule has 0 bridgehead atoms. The Hall–Kier alpha value is -4.67. The number of hydrogen-bond acceptors (Lipinski definition) is 8. The lowest BCUT2D eigenvalue weighted by atomic mass is 9.85. The average molecular weight is 750 g/mol. The minimum absolute atomic E-state index is 0.0614. The fourth-order valence-electron chi connectivity index (χ4n) is 9.26. The number of aliphatic hydroxyl groups is 1. The molecule has 2 aliphatic carbocycles. The highest BCUT2D eigenvalue weighted by molar-refractivity contribution is 6.05. The topological polar surface area (TPSA) is 139 Å². The first-order valence-corrected chi connectivity index (χ1v) is 20.2. The maximum Gasteiger partial charge on any atom is 0.335 e. The maximum absolute atomic E-state index is 11.9. The van der Waals surface area contributed by atoms with Crippen LogP contribution in [0.15, 0.2) is 54.6 Å². The number of phenolic OH excluding ortho intramolecular Hbond substituents is 2. The van der Waals surface area contributed by atoms with Crippen LogP contribution in [0.2, 0.25) is 0 Å². The number of carbonyl (C=O) groups excluding carboxylic acids is 1. The van der Waals surface area contributed by atoms with Crippen LogP contribution in [-0.2, 0) is 18.3 Å². The molecule has 8 rings (SSSR count). The number of aromatic hydroxyl groups is 2. The van der Waals surface area contributed by atoms with Gasteiger partial charge in [0.25, 0.3) is 0 Å². The van der Waals surface area contributed by atoms with Crippen LogP contribution in [0.4, 0.5) is 5.82 Å². The summed E-state index contributed by atoms with van der Waals surface area (Å²) in [7, 11) is 1.48. The molecule has 1 saturated heterocycles. The first-order valence-electron chi connectivity index (χ1n) is 20.2. The Labute approximate surface area is 323 Å². The van der Waals surface area contributed by atoms with Crippen molar-refractivity contribution in [3.8, 4) is 39.9 Å². The summed E-state index contributed by atoms with van der Waals surface area (Å²) in [4.78, 5) is 19.5. The number of nitrogens with zero attached hydrogens (tertiary/aromatic N) is 2. The SMILES string of the molecule is COc1c(O)c(CCc2cccc(-c3cc(C4(C)CCCC4)[n-]c3N3CCNCC3)c2)c2c(c1OCCC1(O)CCCC1)C(=[OH+])CC(c1ccc(O)cc1)O2. The first kappa shape index (κ1) is 37.3. The molecular weight excluding hydrogens is 695 g/mol. The minimum atomic E-state index is -0.781. The van der Waals surface area contributed by atoms with Gasteiger partial charge >= 0.3 is 5.78 Å². The predicted molar refractivity (Wildman–Crippen MR) is 214 cm³/mol. The molecule has 0 radical (unpaired) electrons. The number of hydrogen-bond donors (Lipinski definition) is 4. The van der Waals surface area contributed by atoms with E-state index in [4.69, 9.17) is 19.2 Å². The van der Waals surface area contributed by atoms with Crippen LogP contribution in [0.1, 0.15) is 105 Å². The summed E-state index contributed by atoms with van der Waals surface area (Å²) in [6, 6.07) is 17.7. The molecule has 55 heavy (non-hydrogen) atoms. The van der Waals surface area contributed by atoms with Crippen molar-refractivity contribution < 1.29 is 34.3 Å². The lowest BCUT2D eigenvalue weighted by Gasteiger charge is -2.38. The van der Waals surface area contributed by atoms with Crippen molar-refractivity contribution in [3.05, 3.63) is 82.5 Å². The molecule has 4 aliphatic rings. The van der Waals surface area contributed by atoms with Gasteiger partial charge in [0.1, 0.15) is 24.0 Å². The van der Waals surface area contributed by atoms with Crippen molar-refractivity contribution >= 4 is 11.6 Å². The van der Waals surface area contributed by atoms with Gasteiger partial charge in [0, 0.05) is 12.0 Å². The van der Waals surface area contributed by atoms with E-state index in [9.17, 15) is 20.1 Å². The monoisotopic (exact) mass is 749 g/mol. The number of rotatable bonds is 12. The number of ether oxygens (including phenoxy) is 3. The van der Waals surface area contributed by atoms with Crippen LogP contribution in [0, 0.1) is 0 Å². The van der Waals surface area contributed by atoms with Gasteiger partial charge in [-0.2, -0.15) is 0 Å². The summed E-state index contributed by atoms with van der Waals surface area (Å²) in [5.74, 6) is 1.86. The Bertz CT molecular complexity index is 2000. The molecule has 0 amide bonds. The highest BCUT2D eigenvalue weighted by Gasteiger charge is 2.41. The van der Waals surface area contributed by atoms with E-state index in [1.807, 2.05) is 0 Å². The highest BCUT2D eigenvalue weighted by atomic mass is 16.5. The lowest BCUT2D eigenvalue weighted by molar-refractivity contribution is 0.0253. The van der Waals surface area contributed by atoms with E-state index in [1.54, 1.807) is 24.3 Å². The number of piperazine rings is 1. The summed E-state index contributed by atoms with van der Waals surface area (Å²) in [5.41, 5.74) is 5.55. The first-order chi connectivity index (χ1) is 26.6. The molecular formula is C45H55N3O7. The van der Waals surface area contributed by atoms with Gasteiger partial charge in [0.2, 0.25) is 5.75 Å². The van der Waals surface area contributed by atoms with Gasteiger partial charge in [-0.05, 0) is 105 Å². The predicted octanol–water partition coefficient (Wildman–Crippen LogP) is 7.25. The summed E-state index contributed by atoms with van der Waals surface area (Å²) >= 11 is 0. The molecule has 0 spiro atoms. The quantitative estimate of drug-likeness (QED) is 0.110. The number of ketones is 1. The summed E-state index contributed by atoms with van der Waals surface area (Å²) in [5, 5.41) is 36.3. The van der Waals surface area contributed by atoms with E-state index in [-0.39, 0.29) is 47.2 Å². The zero-order valence-electron chi connectivity index (χ0n) is 32.2. The zero-order chi connectivity index (χ0) is 38.2. The number of aryl methyl sites for hydroxylation is 1. The maximum atomic E-state index is 11.9. The van der Waals surface area contributed by atoms with Crippen molar-refractivity contribution in [2.75, 3.05) is 44.8 Å². The molecule has 1 atom stereocenters. The molecule has 1 aromatic heterocycles. The Morgan fingerprint density at radius 3 is 2.40 bits per heavy atom. The van der Waals surface area contributed by atoms with Crippen molar-refractivity contribution in [2.24, 2.45) is 0 Å². The van der Waals surface area contributed by atoms with Gasteiger partial charge in [-0.1, -0.05) is 86.6 Å². The van der Waals surface area contributed by atoms with E-state index < -0.39 is 11.7 Å². The molecule has 4 aromatic rings. The largest absolute Gasteiger partial charge is 0.508 e. The van der Waals surface area contributed by atoms with E-state index >= 15 is 0 Å². The fourth-order valence-corrected chi connectivity index (χ4v) is 9.26. The Balaban J connectivity index is 1.12. The van der Waals surface area contributed by atoms with Gasteiger partial charge in [-0.3, -0.25) is 4.79 Å². The third kappa shape index (κ3) is 7.51. The summed E-state index contributed by atoms with van der Waals surface area (Å²) < 4.78 is 18.8. The number of phenols is 2. The molecule has 3 aromatic carbocycles. The summed E-state index contributed by atoms with van der Waals surface area (Å²) in [6.45, 7) is 6.26. The summed E-state index contributed by atoms with van der Waals surface area (Å²) in [6.07, 6.45) is 9.25. The van der Waals surface area contributed by atoms with E-state index in [0.717, 1.165) is 92.8 Å². The van der Waals surface area contributed by atoms with Gasteiger partial charge in [-0.25, -0.2) is 0 Å². The van der Waals surface area contributed by atoms with E-state index in [0.29, 0.717) is 36.1 Å². The van der Waals surface area contributed by atoms with Crippen molar-refractivity contribution in [1.29, 1.82) is 0 Å². The number of methoxy groups -OCH3 is 1. The van der Waals surface area contributed by atoms with Crippen molar-refractivity contribution in [2.45, 2.75) is 101 Å². The third-order valence-corrected chi connectivity index (χ3v) is 12.6. The van der Waals surface area contributed by atoms with Crippen LogP contribution >= 0.6 is 0 Å². The molecule has 10 heteroatoms. The molecule has 2 saturated carbocycles. The second-order valence-corrected chi connectivity index (χ2v) is 16.4. The second kappa shape index (κ2) is 15.5. The molecule has 5 N–H and O–H groups in total. The van der Waals surface area contributed by atoms with Crippen LogP contribution in [0.3, 0.4) is 0 Å². The van der Waals surface area contributed by atoms with E-state index in [2.05, 4.69) is 47.5 Å². The van der Waals surface area contributed by atoms with Crippen LogP contribution in [-0.4, -0.2) is 71.4 Å². The normalized spacial score (nSPS) is 20.3. The number of benzene rings is 3. The molecule has 2 aliphatic heterocycles. The van der Waals surface area contributed by atoms with Crippen molar-refractivity contribution in [1.82, 2.24) is 10.3 Å². The minimum Gasteiger partial charge on any atom is -0.508 e. The molecule has 3 fully saturated rings. The zero-order valence-corrected chi connectivity index (χ0v) is 32.2. The van der Waals surface area contributed by atoms with Crippen LogP contribution < -0.4 is 29.4 Å². The smallest absolute Gasteiger partial charge is 0.335 e. The fraction of sp³-hybridized carbons (Fsp3) is 0.489. The second-order valence-electron chi connectivity index (χ2n) is 16.4. The average Bonchev–Trinajstić information content (AvgIpc) is 3.96. The van der Waals surface area contributed by atoms with Gasteiger partial charge < -0.3 is 44.7 Å². The third-order valence-electron chi connectivity index (χ3n) is 12.6. The number of aromatic nitrogens is 1. The Kier molecular flexibility index (Phi) is 10.5. The standard InChI is InChI=1S/C45H54N3O7/c1-44(16-3-4-17-44)37-27-34(43(47-37)48-23-21-46-22-24-48)31-9-7-8-29(26-31)10-15-33-39(51)42(53-2)41(54-25-20-45(52)18-5-6-19-45)38-35(50)28-36(55-40(33)38)30-11-13-32(49)14-12-30/h7-9,11-14,26-27,36,46,49,52H,3-6,10,15-25,28H2,1-2H3,(H,50,51)/q-1/p+1. The Morgan fingerprint density at radius 2 is 1.67 bits per heavy atom. The number of nitrogens with one attached hydrogen (secondary N) is 1.